The Morgan fingerprint density at radius 3 is 2.36 bits per heavy atom. The van der Waals surface area contributed by atoms with Gasteiger partial charge in [-0.1, -0.05) is 18.2 Å². The van der Waals surface area contributed by atoms with Crippen molar-refractivity contribution >= 4 is 40.6 Å². The summed E-state index contributed by atoms with van der Waals surface area (Å²) < 4.78 is 0. The third-order valence-corrected chi connectivity index (χ3v) is 4.90. The van der Waals surface area contributed by atoms with Crippen LogP contribution in [0.5, 0.6) is 0 Å². The maximum atomic E-state index is 12.9. The van der Waals surface area contributed by atoms with E-state index in [-0.39, 0.29) is 19.3 Å². The molecule has 3 unspecified atom stereocenters. The number of H-pyrrole nitrogens is 1. The van der Waals surface area contributed by atoms with Crippen molar-refractivity contribution in [3.05, 3.63) is 36.0 Å². The molecular weight excluding hydrogens is 434 g/mol. The first-order valence-electron chi connectivity index (χ1n) is 10.2. The Bertz CT molecular complexity index is 1030. The van der Waals surface area contributed by atoms with Crippen molar-refractivity contribution in [1.82, 2.24) is 20.9 Å². The molecule has 2 aromatic rings. The van der Waals surface area contributed by atoms with Gasteiger partial charge in [-0.15, -0.1) is 0 Å². The van der Waals surface area contributed by atoms with E-state index in [4.69, 9.17) is 15.9 Å². The molecule has 0 radical (unpaired) electrons. The molecule has 33 heavy (non-hydrogen) atoms. The maximum absolute atomic E-state index is 12.9. The van der Waals surface area contributed by atoms with Gasteiger partial charge in [0.15, 0.2) is 0 Å². The van der Waals surface area contributed by atoms with Gasteiger partial charge < -0.3 is 36.9 Å². The minimum atomic E-state index is -1.23. The van der Waals surface area contributed by atoms with E-state index in [9.17, 15) is 24.0 Å². The van der Waals surface area contributed by atoms with Gasteiger partial charge in [0, 0.05) is 29.9 Å². The number of aromatic nitrogens is 1. The molecule has 1 aromatic carbocycles. The van der Waals surface area contributed by atoms with Crippen molar-refractivity contribution in [3.8, 4) is 0 Å². The van der Waals surface area contributed by atoms with Gasteiger partial charge in [0.1, 0.15) is 18.6 Å². The smallest absolute Gasteiger partial charge is 0.322 e. The van der Waals surface area contributed by atoms with E-state index in [1.807, 2.05) is 24.3 Å². The average molecular weight is 461 g/mol. The molecule has 3 atom stereocenters. The van der Waals surface area contributed by atoms with Crippen LogP contribution in [0.1, 0.15) is 25.3 Å². The van der Waals surface area contributed by atoms with Crippen LogP contribution in [0.2, 0.25) is 0 Å². The summed E-state index contributed by atoms with van der Waals surface area (Å²) in [4.78, 5) is 61.9. The summed E-state index contributed by atoms with van der Waals surface area (Å²) in [5.74, 6) is -4.44. The lowest BCUT2D eigenvalue weighted by molar-refractivity contribution is -0.139. The Morgan fingerprint density at radius 1 is 1.00 bits per heavy atom. The van der Waals surface area contributed by atoms with Gasteiger partial charge in [-0.3, -0.25) is 24.0 Å². The standard InChI is InChI=1S/C21H27N5O7/c1-11(19(31)24-10-18(29)30)25-21(33)16(26-20(32)14(22)6-7-17(27)28)8-12-9-23-15-5-3-2-4-13(12)15/h2-5,9,11,14,16,23H,6-8,10,22H2,1H3,(H,24,31)(H,25,33)(H,26,32)(H,27,28)(H,29,30). The number of para-hydroxylation sites is 1. The Labute approximate surface area is 188 Å². The van der Waals surface area contributed by atoms with Crippen LogP contribution in [0.15, 0.2) is 30.5 Å². The van der Waals surface area contributed by atoms with E-state index in [0.717, 1.165) is 16.5 Å². The maximum Gasteiger partial charge on any atom is 0.322 e. The molecule has 0 aliphatic heterocycles. The van der Waals surface area contributed by atoms with Gasteiger partial charge >= 0.3 is 11.9 Å². The topological polar surface area (TPSA) is 204 Å². The van der Waals surface area contributed by atoms with E-state index in [2.05, 4.69) is 20.9 Å². The van der Waals surface area contributed by atoms with Gasteiger partial charge in [-0.05, 0) is 25.0 Å². The van der Waals surface area contributed by atoms with Crippen LogP contribution in [0.25, 0.3) is 10.9 Å². The summed E-state index contributed by atoms with van der Waals surface area (Å²) >= 11 is 0. The number of aromatic amines is 1. The van der Waals surface area contributed by atoms with Crippen molar-refractivity contribution in [2.75, 3.05) is 6.54 Å². The molecule has 12 heteroatoms. The Morgan fingerprint density at radius 2 is 1.70 bits per heavy atom. The number of aliphatic carboxylic acids is 2. The van der Waals surface area contributed by atoms with E-state index in [0.29, 0.717) is 0 Å². The van der Waals surface area contributed by atoms with Crippen LogP contribution in [0.3, 0.4) is 0 Å². The second kappa shape index (κ2) is 11.6. The summed E-state index contributed by atoms with van der Waals surface area (Å²) in [5, 5.41) is 25.4. The summed E-state index contributed by atoms with van der Waals surface area (Å²) in [6.07, 6.45) is 1.34. The second-order valence-corrected chi connectivity index (χ2v) is 7.51. The Kier molecular flexibility index (Phi) is 8.92. The highest BCUT2D eigenvalue weighted by Crippen LogP contribution is 2.19. The van der Waals surface area contributed by atoms with Crippen molar-refractivity contribution in [2.24, 2.45) is 5.73 Å². The molecule has 0 fully saturated rings. The fourth-order valence-electron chi connectivity index (χ4n) is 3.11. The number of amides is 3. The van der Waals surface area contributed by atoms with Crippen molar-refractivity contribution in [2.45, 2.75) is 44.3 Å². The fraction of sp³-hybridized carbons (Fsp3) is 0.381. The lowest BCUT2D eigenvalue weighted by Gasteiger charge is -2.22. The molecule has 8 N–H and O–H groups in total. The number of fused-ring (bicyclic) bond motifs is 1. The van der Waals surface area contributed by atoms with Crippen LogP contribution in [-0.2, 0) is 30.4 Å². The van der Waals surface area contributed by atoms with Gasteiger partial charge in [0.25, 0.3) is 0 Å². The number of nitrogens with one attached hydrogen (secondary N) is 4. The highest BCUT2D eigenvalue weighted by atomic mass is 16.4. The zero-order valence-electron chi connectivity index (χ0n) is 18.0. The predicted molar refractivity (Wildman–Crippen MR) is 117 cm³/mol. The number of carboxylic acid groups (broad SMARTS) is 2. The lowest BCUT2D eigenvalue weighted by atomic mass is 10.0. The van der Waals surface area contributed by atoms with Crippen molar-refractivity contribution in [3.63, 3.8) is 0 Å². The van der Waals surface area contributed by atoms with Crippen LogP contribution < -0.4 is 21.7 Å². The van der Waals surface area contributed by atoms with Gasteiger partial charge in [-0.25, -0.2) is 0 Å². The van der Waals surface area contributed by atoms with Crippen LogP contribution in [0.4, 0.5) is 0 Å². The molecule has 1 aromatic heterocycles. The molecule has 0 bridgehead atoms. The summed E-state index contributed by atoms with van der Waals surface area (Å²) in [5.41, 5.74) is 7.32. The van der Waals surface area contributed by atoms with E-state index in [1.165, 1.54) is 6.92 Å². The van der Waals surface area contributed by atoms with E-state index < -0.39 is 54.3 Å². The van der Waals surface area contributed by atoms with Crippen LogP contribution in [-0.4, -0.2) is 69.5 Å². The van der Waals surface area contributed by atoms with Crippen molar-refractivity contribution in [1.29, 1.82) is 0 Å². The second-order valence-electron chi connectivity index (χ2n) is 7.51. The number of carbonyl (C=O) groups is 5. The molecule has 0 saturated heterocycles. The van der Waals surface area contributed by atoms with Gasteiger partial charge in [0.2, 0.25) is 17.7 Å². The third-order valence-electron chi connectivity index (χ3n) is 4.90. The molecule has 12 nitrogen and oxygen atoms in total. The summed E-state index contributed by atoms with van der Waals surface area (Å²) in [6.45, 7) is 0.769. The zero-order valence-corrected chi connectivity index (χ0v) is 18.0. The Balaban J connectivity index is 2.15. The highest BCUT2D eigenvalue weighted by molar-refractivity contribution is 5.94. The predicted octanol–water partition coefficient (Wildman–Crippen LogP) is -0.907. The zero-order chi connectivity index (χ0) is 24.5. The third kappa shape index (κ3) is 7.61. The fourth-order valence-corrected chi connectivity index (χ4v) is 3.11. The molecule has 0 aliphatic carbocycles. The molecular formula is C21H27N5O7. The molecule has 2 rings (SSSR count). The number of rotatable bonds is 12. The largest absolute Gasteiger partial charge is 0.481 e. The van der Waals surface area contributed by atoms with Gasteiger partial charge in [0.05, 0.1) is 6.04 Å². The molecule has 3 amide bonds. The first-order valence-corrected chi connectivity index (χ1v) is 10.2. The minimum Gasteiger partial charge on any atom is -0.481 e. The summed E-state index contributed by atoms with van der Waals surface area (Å²) in [7, 11) is 0. The van der Waals surface area contributed by atoms with Crippen LogP contribution in [0, 0.1) is 0 Å². The number of nitrogens with two attached hydrogens (primary N) is 1. The van der Waals surface area contributed by atoms with Crippen LogP contribution >= 0.6 is 0 Å². The molecule has 178 valence electrons. The number of carboxylic acids is 2. The minimum absolute atomic E-state index is 0.0662. The Hall–Kier alpha value is -3.93. The summed E-state index contributed by atoms with van der Waals surface area (Å²) in [6, 6.07) is 4.02. The average Bonchev–Trinajstić information content (AvgIpc) is 3.17. The number of hydrogen-bond acceptors (Lipinski definition) is 6. The lowest BCUT2D eigenvalue weighted by Crippen LogP contribution is -2.56. The van der Waals surface area contributed by atoms with E-state index >= 15 is 0 Å². The van der Waals surface area contributed by atoms with Crippen molar-refractivity contribution < 1.29 is 34.2 Å². The first-order chi connectivity index (χ1) is 15.6. The number of hydrogen-bond donors (Lipinski definition) is 7. The number of carbonyl (C=O) groups excluding carboxylic acids is 3. The normalized spacial score (nSPS) is 13.5. The SMILES string of the molecule is CC(NC(=O)C(Cc1c[nH]c2ccccc12)NC(=O)C(N)CCC(=O)O)C(=O)NCC(=O)O. The highest BCUT2D eigenvalue weighted by Gasteiger charge is 2.27. The molecule has 1 heterocycles. The van der Waals surface area contributed by atoms with E-state index in [1.54, 1.807) is 6.20 Å². The molecule has 0 spiro atoms. The quantitative estimate of drug-likeness (QED) is 0.210. The number of benzene rings is 1. The first kappa shape index (κ1) is 25.3. The van der Waals surface area contributed by atoms with Gasteiger partial charge in [-0.2, -0.15) is 0 Å². The molecule has 0 saturated carbocycles. The monoisotopic (exact) mass is 461 g/mol. The molecule has 0 aliphatic rings.